The molecule has 1 amide bonds. The number of halogens is 1. The second-order valence-electron chi connectivity index (χ2n) is 5.67. The maximum atomic E-state index is 11.4. The van der Waals surface area contributed by atoms with E-state index < -0.39 is 0 Å². The van der Waals surface area contributed by atoms with Crippen LogP contribution in [0.3, 0.4) is 0 Å². The predicted molar refractivity (Wildman–Crippen MR) is 85.4 cm³/mol. The van der Waals surface area contributed by atoms with Crippen LogP contribution in [0.15, 0.2) is 18.2 Å². The van der Waals surface area contributed by atoms with Crippen molar-refractivity contribution in [1.29, 1.82) is 0 Å². The number of carbonyl (C=O) groups excluding carboxylic acids is 1. The van der Waals surface area contributed by atoms with E-state index in [-0.39, 0.29) is 5.91 Å². The molecule has 0 spiro atoms. The van der Waals surface area contributed by atoms with Crippen LogP contribution in [0.4, 0.5) is 11.4 Å². The Morgan fingerprint density at radius 2 is 2.20 bits per heavy atom. The lowest BCUT2D eigenvalue weighted by atomic mass is 9.81. The Hall–Kier alpha value is -1.22. The molecular formula is C16H23ClN2O. The molecule has 1 saturated carbocycles. The van der Waals surface area contributed by atoms with Crippen molar-refractivity contribution in [2.45, 2.75) is 52.0 Å². The molecule has 20 heavy (non-hydrogen) atoms. The van der Waals surface area contributed by atoms with Gasteiger partial charge in [-0.25, -0.2) is 0 Å². The highest BCUT2D eigenvalue weighted by molar-refractivity contribution is 6.33. The fraction of sp³-hybridized carbons (Fsp3) is 0.562. The zero-order chi connectivity index (χ0) is 14.5. The molecule has 1 unspecified atom stereocenters. The minimum Gasteiger partial charge on any atom is -0.381 e. The van der Waals surface area contributed by atoms with Gasteiger partial charge < -0.3 is 10.6 Å². The zero-order valence-electron chi connectivity index (χ0n) is 12.2. The molecule has 2 rings (SSSR count). The molecule has 1 fully saturated rings. The van der Waals surface area contributed by atoms with E-state index in [1.165, 1.54) is 25.7 Å². The number of anilines is 2. The lowest BCUT2D eigenvalue weighted by Crippen LogP contribution is -2.23. The van der Waals surface area contributed by atoms with Gasteiger partial charge in [0, 0.05) is 18.2 Å². The summed E-state index contributed by atoms with van der Waals surface area (Å²) in [5.41, 5.74) is 1.69. The maximum Gasteiger partial charge on any atom is 0.224 e. The summed E-state index contributed by atoms with van der Waals surface area (Å²) < 4.78 is 0. The van der Waals surface area contributed by atoms with Gasteiger partial charge in [0.25, 0.3) is 0 Å². The third-order valence-corrected chi connectivity index (χ3v) is 4.21. The average molecular weight is 295 g/mol. The van der Waals surface area contributed by atoms with Gasteiger partial charge in [-0.15, -0.1) is 0 Å². The first-order valence-electron chi connectivity index (χ1n) is 7.44. The van der Waals surface area contributed by atoms with Crippen LogP contribution >= 0.6 is 11.6 Å². The van der Waals surface area contributed by atoms with Gasteiger partial charge in [-0.3, -0.25) is 4.79 Å². The van der Waals surface area contributed by atoms with E-state index in [1.54, 1.807) is 0 Å². The highest BCUT2D eigenvalue weighted by Gasteiger charge is 2.20. The third-order valence-electron chi connectivity index (χ3n) is 3.88. The molecule has 110 valence electrons. The smallest absolute Gasteiger partial charge is 0.224 e. The number of rotatable bonds is 6. The van der Waals surface area contributed by atoms with E-state index in [0.29, 0.717) is 17.5 Å². The highest BCUT2D eigenvalue weighted by Crippen LogP contribution is 2.32. The normalized spacial score (nSPS) is 16.4. The van der Waals surface area contributed by atoms with E-state index >= 15 is 0 Å². The largest absolute Gasteiger partial charge is 0.381 e. The van der Waals surface area contributed by atoms with Gasteiger partial charge >= 0.3 is 0 Å². The predicted octanol–water partition coefficient (Wildman–Crippen LogP) is 4.68. The SMILES string of the molecule is CCC(=O)Nc1ccc(Cl)c(NC(C)CC2CCC2)c1. The maximum absolute atomic E-state index is 11.4. The van der Waals surface area contributed by atoms with E-state index in [1.807, 2.05) is 25.1 Å². The Labute approximate surface area is 126 Å². The van der Waals surface area contributed by atoms with Crippen molar-refractivity contribution in [3.8, 4) is 0 Å². The molecule has 1 aromatic carbocycles. The number of nitrogens with one attached hydrogen (secondary N) is 2. The summed E-state index contributed by atoms with van der Waals surface area (Å²) in [5.74, 6) is 0.875. The lowest BCUT2D eigenvalue weighted by molar-refractivity contribution is -0.115. The van der Waals surface area contributed by atoms with Crippen LogP contribution in [0.1, 0.15) is 46.0 Å². The van der Waals surface area contributed by atoms with Crippen LogP contribution in [0.5, 0.6) is 0 Å². The first kappa shape index (κ1) is 15.2. The van der Waals surface area contributed by atoms with Crippen LogP contribution in [-0.2, 0) is 4.79 Å². The summed E-state index contributed by atoms with van der Waals surface area (Å²) in [6, 6.07) is 5.96. The molecule has 1 aliphatic carbocycles. The summed E-state index contributed by atoms with van der Waals surface area (Å²) >= 11 is 6.22. The molecule has 1 atom stereocenters. The fourth-order valence-electron chi connectivity index (χ4n) is 2.52. The molecule has 0 bridgehead atoms. The molecule has 2 N–H and O–H groups in total. The van der Waals surface area contributed by atoms with Gasteiger partial charge in [0.2, 0.25) is 5.91 Å². The summed E-state index contributed by atoms with van der Waals surface area (Å²) in [7, 11) is 0. The summed E-state index contributed by atoms with van der Waals surface area (Å²) in [6.45, 7) is 4.02. The number of amides is 1. The topological polar surface area (TPSA) is 41.1 Å². The van der Waals surface area contributed by atoms with Gasteiger partial charge in [-0.2, -0.15) is 0 Å². The molecule has 0 aromatic heterocycles. The van der Waals surface area contributed by atoms with Gasteiger partial charge in [0.1, 0.15) is 0 Å². The molecule has 1 aromatic rings. The van der Waals surface area contributed by atoms with Crippen molar-refractivity contribution in [2.75, 3.05) is 10.6 Å². The average Bonchev–Trinajstić information content (AvgIpc) is 2.38. The number of hydrogen-bond donors (Lipinski definition) is 2. The molecule has 3 nitrogen and oxygen atoms in total. The molecule has 0 aliphatic heterocycles. The number of hydrogen-bond acceptors (Lipinski definition) is 2. The van der Waals surface area contributed by atoms with Crippen LogP contribution in [0.25, 0.3) is 0 Å². The number of carbonyl (C=O) groups is 1. The summed E-state index contributed by atoms with van der Waals surface area (Å²) in [5, 5.41) is 7.01. The Morgan fingerprint density at radius 3 is 2.80 bits per heavy atom. The van der Waals surface area contributed by atoms with Gasteiger partial charge in [-0.1, -0.05) is 37.8 Å². The monoisotopic (exact) mass is 294 g/mol. The number of benzene rings is 1. The minimum atomic E-state index is 0.0146. The van der Waals surface area contributed by atoms with Crippen molar-refractivity contribution >= 4 is 28.9 Å². The van der Waals surface area contributed by atoms with E-state index in [2.05, 4.69) is 17.6 Å². The van der Waals surface area contributed by atoms with Crippen molar-refractivity contribution < 1.29 is 4.79 Å². The van der Waals surface area contributed by atoms with E-state index in [0.717, 1.165) is 17.3 Å². The van der Waals surface area contributed by atoms with E-state index in [4.69, 9.17) is 11.6 Å². The Kier molecular flexibility index (Phi) is 5.30. The van der Waals surface area contributed by atoms with Crippen molar-refractivity contribution in [3.63, 3.8) is 0 Å². The second kappa shape index (κ2) is 6.98. The van der Waals surface area contributed by atoms with Gasteiger partial charge in [-0.05, 0) is 37.5 Å². The molecular weight excluding hydrogens is 272 g/mol. The van der Waals surface area contributed by atoms with Crippen LogP contribution in [0.2, 0.25) is 5.02 Å². The second-order valence-corrected chi connectivity index (χ2v) is 6.08. The highest BCUT2D eigenvalue weighted by atomic mass is 35.5. The van der Waals surface area contributed by atoms with Crippen LogP contribution in [-0.4, -0.2) is 11.9 Å². The summed E-state index contributed by atoms with van der Waals surface area (Å²) in [4.78, 5) is 11.4. The van der Waals surface area contributed by atoms with Crippen molar-refractivity contribution in [1.82, 2.24) is 0 Å². The first-order valence-corrected chi connectivity index (χ1v) is 7.82. The molecule has 1 aliphatic rings. The minimum absolute atomic E-state index is 0.0146. The Bertz CT molecular complexity index is 472. The molecule has 4 heteroatoms. The molecule has 0 saturated heterocycles. The Balaban J connectivity index is 1.97. The first-order chi connectivity index (χ1) is 9.58. The van der Waals surface area contributed by atoms with Crippen molar-refractivity contribution in [2.24, 2.45) is 5.92 Å². The van der Waals surface area contributed by atoms with E-state index in [9.17, 15) is 4.79 Å². The summed E-state index contributed by atoms with van der Waals surface area (Å²) in [6.07, 6.45) is 5.74. The Morgan fingerprint density at radius 1 is 1.45 bits per heavy atom. The quantitative estimate of drug-likeness (QED) is 0.800. The van der Waals surface area contributed by atoms with Crippen molar-refractivity contribution in [3.05, 3.63) is 23.2 Å². The molecule has 0 heterocycles. The standard InChI is InChI=1S/C16H23ClN2O/c1-3-16(20)19-13-7-8-14(17)15(10-13)18-11(2)9-12-5-4-6-12/h7-8,10-12,18H,3-6,9H2,1-2H3,(H,19,20). The zero-order valence-corrected chi connectivity index (χ0v) is 13.0. The van der Waals surface area contributed by atoms with Crippen LogP contribution < -0.4 is 10.6 Å². The van der Waals surface area contributed by atoms with Gasteiger partial charge in [0.15, 0.2) is 0 Å². The third kappa shape index (κ3) is 4.14. The van der Waals surface area contributed by atoms with Crippen LogP contribution in [0, 0.1) is 5.92 Å². The fourth-order valence-corrected chi connectivity index (χ4v) is 2.69. The van der Waals surface area contributed by atoms with Gasteiger partial charge in [0.05, 0.1) is 10.7 Å². The lowest BCUT2D eigenvalue weighted by Gasteiger charge is -2.29. The molecule has 0 radical (unpaired) electrons.